The largest absolute Gasteiger partial charge is 0.489 e. The van der Waals surface area contributed by atoms with Crippen LogP contribution in [0.5, 0.6) is 5.75 Å². The summed E-state index contributed by atoms with van der Waals surface area (Å²) in [7, 11) is 0. The predicted molar refractivity (Wildman–Crippen MR) is 68.9 cm³/mol. The molecule has 0 aliphatic heterocycles. The van der Waals surface area contributed by atoms with Crippen molar-refractivity contribution < 1.29 is 9.66 Å². The quantitative estimate of drug-likeness (QED) is 0.622. The van der Waals surface area contributed by atoms with Crippen LogP contribution in [0.25, 0.3) is 0 Å². The third-order valence-electron chi connectivity index (χ3n) is 2.37. The summed E-state index contributed by atoms with van der Waals surface area (Å²) in [5.41, 5.74) is 0.945. The van der Waals surface area contributed by atoms with Crippen molar-refractivity contribution in [2.24, 2.45) is 0 Å². The van der Waals surface area contributed by atoms with Crippen LogP contribution < -0.4 is 4.74 Å². The number of benzene rings is 2. The summed E-state index contributed by atoms with van der Waals surface area (Å²) >= 11 is 5.76. The number of halogens is 1. The normalized spacial score (nSPS) is 10.1. The first kappa shape index (κ1) is 12.4. The zero-order chi connectivity index (χ0) is 13.0. The minimum atomic E-state index is -0.427. The summed E-state index contributed by atoms with van der Waals surface area (Å²) in [5.74, 6) is 0.706. The average molecular weight is 264 g/mol. The molecular weight excluding hydrogens is 254 g/mol. The van der Waals surface area contributed by atoms with Crippen LogP contribution in [0.1, 0.15) is 5.56 Å². The van der Waals surface area contributed by atoms with E-state index in [0.717, 1.165) is 5.56 Å². The highest BCUT2D eigenvalue weighted by Crippen LogP contribution is 2.18. The molecule has 0 saturated heterocycles. The maximum absolute atomic E-state index is 10.5. The van der Waals surface area contributed by atoms with Gasteiger partial charge in [0.25, 0.3) is 5.69 Å². The van der Waals surface area contributed by atoms with Crippen LogP contribution in [0.15, 0.2) is 48.5 Å². The molecule has 0 fully saturated rings. The molecule has 0 heterocycles. The number of rotatable bonds is 4. The smallest absolute Gasteiger partial charge is 0.269 e. The molecule has 0 bridgehead atoms. The Labute approximate surface area is 109 Å². The Morgan fingerprint density at radius 3 is 2.22 bits per heavy atom. The van der Waals surface area contributed by atoms with E-state index in [9.17, 15) is 10.1 Å². The molecule has 0 N–H and O–H groups in total. The zero-order valence-electron chi connectivity index (χ0n) is 9.38. The Morgan fingerprint density at radius 1 is 1.06 bits per heavy atom. The van der Waals surface area contributed by atoms with E-state index in [0.29, 0.717) is 17.4 Å². The number of nitro groups is 1. The lowest BCUT2D eigenvalue weighted by Gasteiger charge is -2.05. The number of hydrogen-bond donors (Lipinski definition) is 0. The summed E-state index contributed by atoms with van der Waals surface area (Å²) in [6, 6.07) is 13.3. The molecule has 0 amide bonds. The fraction of sp³-hybridized carbons (Fsp3) is 0.0769. The van der Waals surface area contributed by atoms with E-state index in [1.54, 1.807) is 36.4 Å². The second-order valence-corrected chi connectivity index (χ2v) is 4.10. The Morgan fingerprint density at radius 2 is 1.67 bits per heavy atom. The van der Waals surface area contributed by atoms with E-state index in [2.05, 4.69) is 0 Å². The molecule has 92 valence electrons. The molecule has 2 rings (SSSR count). The third-order valence-corrected chi connectivity index (χ3v) is 2.62. The molecule has 0 unspecified atom stereocenters. The van der Waals surface area contributed by atoms with Crippen LogP contribution >= 0.6 is 11.6 Å². The van der Waals surface area contributed by atoms with E-state index >= 15 is 0 Å². The molecule has 2 aromatic rings. The van der Waals surface area contributed by atoms with Crippen molar-refractivity contribution in [2.75, 3.05) is 0 Å². The Bertz CT molecular complexity index is 537. The van der Waals surface area contributed by atoms with E-state index in [-0.39, 0.29) is 5.69 Å². The maximum atomic E-state index is 10.5. The average Bonchev–Trinajstić information content (AvgIpc) is 2.38. The molecular formula is C13H10ClNO3. The van der Waals surface area contributed by atoms with Gasteiger partial charge >= 0.3 is 0 Å². The predicted octanol–water partition coefficient (Wildman–Crippen LogP) is 3.83. The lowest BCUT2D eigenvalue weighted by molar-refractivity contribution is -0.384. The molecule has 0 atom stereocenters. The van der Waals surface area contributed by atoms with Gasteiger partial charge in [0.15, 0.2) is 0 Å². The van der Waals surface area contributed by atoms with Crippen molar-refractivity contribution in [1.29, 1.82) is 0 Å². The molecule has 0 spiro atoms. The van der Waals surface area contributed by atoms with Crippen molar-refractivity contribution in [3.8, 4) is 5.75 Å². The highest BCUT2D eigenvalue weighted by Gasteiger charge is 2.04. The monoisotopic (exact) mass is 263 g/mol. The van der Waals surface area contributed by atoms with Crippen LogP contribution in [-0.4, -0.2) is 4.92 Å². The number of nitro benzene ring substituents is 1. The fourth-order valence-electron chi connectivity index (χ4n) is 1.41. The molecule has 0 aliphatic carbocycles. The minimum absolute atomic E-state index is 0.0743. The van der Waals surface area contributed by atoms with E-state index < -0.39 is 4.92 Å². The van der Waals surface area contributed by atoms with Gasteiger partial charge in [-0.2, -0.15) is 0 Å². The van der Waals surface area contributed by atoms with Gasteiger partial charge in [-0.25, -0.2) is 0 Å². The molecule has 0 aliphatic rings. The van der Waals surface area contributed by atoms with Gasteiger partial charge in [0.1, 0.15) is 12.4 Å². The highest BCUT2D eigenvalue weighted by molar-refractivity contribution is 6.30. The van der Waals surface area contributed by atoms with Crippen LogP contribution in [0.3, 0.4) is 0 Å². The second kappa shape index (κ2) is 5.51. The van der Waals surface area contributed by atoms with Gasteiger partial charge in [0.2, 0.25) is 0 Å². The van der Waals surface area contributed by atoms with Gasteiger partial charge in [0, 0.05) is 17.2 Å². The van der Waals surface area contributed by atoms with Crippen molar-refractivity contribution in [2.45, 2.75) is 6.61 Å². The molecule has 0 aromatic heterocycles. The summed E-state index contributed by atoms with van der Waals surface area (Å²) in [5, 5.41) is 11.1. The van der Waals surface area contributed by atoms with Crippen LogP contribution in [0, 0.1) is 10.1 Å². The Kier molecular flexibility index (Phi) is 3.79. The van der Waals surface area contributed by atoms with Gasteiger partial charge in [0.05, 0.1) is 4.92 Å². The zero-order valence-corrected chi connectivity index (χ0v) is 10.1. The summed E-state index contributed by atoms with van der Waals surface area (Å²) in [4.78, 5) is 10.1. The summed E-state index contributed by atoms with van der Waals surface area (Å²) < 4.78 is 5.52. The van der Waals surface area contributed by atoms with Crippen LogP contribution in [0.4, 0.5) is 5.69 Å². The molecule has 18 heavy (non-hydrogen) atoms. The van der Waals surface area contributed by atoms with Crippen molar-refractivity contribution in [3.63, 3.8) is 0 Å². The Balaban J connectivity index is 1.97. The van der Waals surface area contributed by atoms with Crippen LogP contribution in [0.2, 0.25) is 5.02 Å². The van der Waals surface area contributed by atoms with Crippen molar-refractivity contribution in [3.05, 3.63) is 69.2 Å². The van der Waals surface area contributed by atoms with E-state index in [1.807, 2.05) is 0 Å². The lowest BCUT2D eigenvalue weighted by Crippen LogP contribution is -1.95. The van der Waals surface area contributed by atoms with Gasteiger partial charge < -0.3 is 4.74 Å². The first-order valence-corrected chi connectivity index (χ1v) is 5.64. The first-order chi connectivity index (χ1) is 8.65. The third kappa shape index (κ3) is 3.21. The minimum Gasteiger partial charge on any atom is -0.489 e. The second-order valence-electron chi connectivity index (χ2n) is 3.67. The molecule has 4 nitrogen and oxygen atoms in total. The molecule has 0 radical (unpaired) electrons. The number of ether oxygens (including phenoxy) is 1. The van der Waals surface area contributed by atoms with Gasteiger partial charge in [-0.05, 0) is 42.0 Å². The lowest BCUT2D eigenvalue weighted by atomic mass is 10.2. The summed E-state index contributed by atoms with van der Waals surface area (Å²) in [6.07, 6.45) is 0. The van der Waals surface area contributed by atoms with Crippen molar-refractivity contribution in [1.82, 2.24) is 0 Å². The topological polar surface area (TPSA) is 52.4 Å². The number of nitrogens with zero attached hydrogens (tertiary/aromatic N) is 1. The van der Waals surface area contributed by atoms with Crippen LogP contribution in [-0.2, 0) is 6.61 Å². The Hall–Kier alpha value is -2.07. The van der Waals surface area contributed by atoms with E-state index in [1.165, 1.54) is 12.1 Å². The number of non-ortho nitro benzene ring substituents is 1. The van der Waals surface area contributed by atoms with Gasteiger partial charge in [-0.3, -0.25) is 10.1 Å². The molecule has 0 saturated carbocycles. The molecule has 2 aromatic carbocycles. The summed E-state index contributed by atoms with van der Waals surface area (Å²) in [6.45, 7) is 0.361. The standard InChI is InChI=1S/C13H10ClNO3/c14-11-3-7-13(8-4-11)18-9-10-1-5-12(6-2-10)15(16)17/h1-8H,9H2. The molecule has 5 heteroatoms. The van der Waals surface area contributed by atoms with Crippen molar-refractivity contribution >= 4 is 17.3 Å². The highest BCUT2D eigenvalue weighted by atomic mass is 35.5. The first-order valence-electron chi connectivity index (χ1n) is 5.27. The number of hydrogen-bond acceptors (Lipinski definition) is 3. The van der Waals surface area contributed by atoms with E-state index in [4.69, 9.17) is 16.3 Å². The SMILES string of the molecule is O=[N+]([O-])c1ccc(COc2ccc(Cl)cc2)cc1. The van der Waals surface area contributed by atoms with Gasteiger partial charge in [-0.15, -0.1) is 0 Å². The fourth-order valence-corrected chi connectivity index (χ4v) is 1.54. The van der Waals surface area contributed by atoms with Gasteiger partial charge in [-0.1, -0.05) is 11.6 Å². The maximum Gasteiger partial charge on any atom is 0.269 e.